The molecule has 0 spiro atoms. The number of para-hydroxylation sites is 1. The predicted octanol–water partition coefficient (Wildman–Crippen LogP) is 1.88. The van der Waals surface area contributed by atoms with E-state index >= 15 is 0 Å². The molecule has 0 atom stereocenters. The van der Waals surface area contributed by atoms with E-state index in [0.717, 1.165) is 11.5 Å². The van der Waals surface area contributed by atoms with Gasteiger partial charge < -0.3 is 0 Å². The van der Waals surface area contributed by atoms with Crippen LogP contribution < -0.4 is 0 Å². The Morgan fingerprint density at radius 2 is 1.92 bits per heavy atom. The van der Waals surface area contributed by atoms with Crippen LogP contribution in [0.1, 0.15) is 11.4 Å². The summed E-state index contributed by atoms with van der Waals surface area (Å²) in [4.78, 5) is 4.09. The molecule has 0 amide bonds. The SMILES string of the molecule is Cc1ncn(-c2ccccc2C)n1. The van der Waals surface area contributed by atoms with Crippen LogP contribution in [0.2, 0.25) is 0 Å². The summed E-state index contributed by atoms with van der Waals surface area (Å²) < 4.78 is 1.80. The van der Waals surface area contributed by atoms with Gasteiger partial charge in [0.1, 0.15) is 12.2 Å². The van der Waals surface area contributed by atoms with E-state index < -0.39 is 0 Å². The molecule has 1 heterocycles. The first-order chi connectivity index (χ1) is 6.27. The van der Waals surface area contributed by atoms with Gasteiger partial charge in [0, 0.05) is 0 Å². The molecule has 1 aromatic carbocycles. The minimum absolute atomic E-state index is 0.795. The Labute approximate surface area is 77.0 Å². The topological polar surface area (TPSA) is 30.7 Å². The molecule has 2 rings (SSSR count). The smallest absolute Gasteiger partial charge is 0.147 e. The Bertz CT molecular complexity index is 418. The summed E-state index contributed by atoms with van der Waals surface area (Å²) in [5.41, 5.74) is 2.29. The first kappa shape index (κ1) is 7.98. The van der Waals surface area contributed by atoms with Gasteiger partial charge in [-0.3, -0.25) is 0 Å². The monoisotopic (exact) mass is 173 g/mol. The third kappa shape index (κ3) is 1.45. The third-order valence-electron chi connectivity index (χ3n) is 1.97. The Hall–Kier alpha value is -1.64. The highest BCUT2D eigenvalue weighted by molar-refractivity contribution is 5.38. The van der Waals surface area contributed by atoms with Crippen LogP contribution in [0.15, 0.2) is 30.6 Å². The van der Waals surface area contributed by atoms with E-state index in [2.05, 4.69) is 23.1 Å². The van der Waals surface area contributed by atoms with Crippen LogP contribution in [-0.2, 0) is 0 Å². The molecule has 1 aromatic heterocycles. The number of nitrogens with zero attached hydrogens (tertiary/aromatic N) is 3. The molecule has 0 N–H and O–H groups in total. The zero-order valence-electron chi connectivity index (χ0n) is 7.73. The minimum atomic E-state index is 0.795. The lowest BCUT2D eigenvalue weighted by Crippen LogP contribution is -1.97. The largest absolute Gasteiger partial charge is 0.221 e. The second kappa shape index (κ2) is 3.01. The maximum atomic E-state index is 4.25. The van der Waals surface area contributed by atoms with Crippen LogP contribution in [0, 0.1) is 13.8 Å². The molecule has 0 radical (unpaired) electrons. The van der Waals surface area contributed by atoms with Crippen molar-refractivity contribution >= 4 is 0 Å². The van der Waals surface area contributed by atoms with Crippen molar-refractivity contribution in [2.75, 3.05) is 0 Å². The molecule has 0 aliphatic heterocycles. The molecule has 0 unspecified atom stereocenters. The van der Waals surface area contributed by atoms with Crippen molar-refractivity contribution in [3.05, 3.63) is 42.0 Å². The Morgan fingerprint density at radius 1 is 1.15 bits per heavy atom. The van der Waals surface area contributed by atoms with Gasteiger partial charge in [0.2, 0.25) is 0 Å². The van der Waals surface area contributed by atoms with Crippen molar-refractivity contribution in [2.24, 2.45) is 0 Å². The number of benzene rings is 1. The lowest BCUT2D eigenvalue weighted by atomic mass is 10.2. The molecule has 0 bridgehead atoms. The molecule has 3 nitrogen and oxygen atoms in total. The Kier molecular flexibility index (Phi) is 1.85. The van der Waals surface area contributed by atoms with Crippen LogP contribution >= 0.6 is 0 Å². The van der Waals surface area contributed by atoms with Crippen molar-refractivity contribution < 1.29 is 0 Å². The zero-order chi connectivity index (χ0) is 9.26. The average molecular weight is 173 g/mol. The molecule has 13 heavy (non-hydrogen) atoms. The van der Waals surface area contributed by atoms with Crippen LogP contribution in [0.5, 0.6) is 0 Å². The van der Waals surface area contributed by atoms with Crippen molar-refractivity contribution in [2.45, 2.75) is 13.8 Å². The summed E-state index contributed by atoms with van der Waals surface area (Å²) in [5, 5.41) is 4.25. The zero-order valence-corrected chi connectivity index (χ0v) is 7.73. The summed E-state index contributed by atoms with van der Waals surface area (Å²) >= 11 is 0. The van der Waals surface area contributed by atoms with E-state index in [-0.39, 0.29) is 0 Å². The van der Waals surface area contributed by atoms with Gasteiger partial charge in [-0.1, -0.05) is 18.2 Å². The lowest BCUT2D eigenvalue weighted by molar-refractivity contribution is 0.856. The summed E-state index contributed by atoms with van der Waals surface area (Å²) in [5.74, 6) is 0.795. The van der Waals surface area contributed by atoms with Crippen molar-refractivity contribution in [3.8, 4) is 5.69 Å². The second-order valence-electron chi connectivity index (χ2n) is 3.02. The Morgan fingerprint density at radius 3 is 2.54 bits per heavy atom. The van der Waals surface area contributed by atoms with Crippen LogP contribution in [0.25, 0.3) is 5.69 Å². The van der Waals surface area contributed by atoms with Crippen LogP contribution in [0.4, 0.5) is 0 Å². The normalized spacial score (nSPS) is 10.3. The summed E-state index contributed by atoms with van der Waals surface area (Å²) in [7, 11) is 0. The van der Waals surface area contributed by atoms with E-state index in [4.69, 9.17) is 0 Å². The summed E-state index contributed by atoms with van der Waals surface area (Å²) in [6.07, 6.45) is 1.73. The number of hydrogen-bond acceptors (Lipinski definition) is 2. The van der Waals surface area contributed by atoms with Crippen molar-refractivity contribution in [3.63, 3.8) is 0 Å². The number of hydrogen-bond donors (Lipinski definition) is 0. The quantitative estimate of drug-likeness (QED) is 0.659. The van der Waals surface area contributed by atoms with Crippen molar-refractivity contribution in [1.29, 1.82) is 0 Å². The number of aryl methyl sites for hydroxylation is 2. The first-order valence-corrected chi connectivity index (χ1v) is 4.21. The summed E-state index contributed by atoms with van der Waals surface area (Å²) in [6, 6.07) is 8.11. The fraction of sp³-hybridized carbons (Fsp3) is 0.200. The maximum absolute atomic E-state index is 4.25. The van der Waals surface area contributed by atoms with E-state index in [1.54, 1.807) is 11.0 Å². The van der Waals surface area contributed by atoms with Gasteiger partial charge in [-0.15, -0.1) is 0 Å². The molecule has 66 valence electrons. The second-order valence-corrected chi connectivity index (χ2v) is 3.02. The fourth-order valence-electron chi connectivity index (χ4n) is 1.28. The highest BCUT2D eigenvalue weighted by atomic mass is 15.3. The highest BCUT2D eigenvalue weighted by Gasteiger charge is 2.00. The molecule has 0 saturated heterocycles. The maximum Gasteiger partial charge on any atom is 0.147 e. The van der Waals surface area contributed by atoms with Gasteiger partial charge >= 0.3 is 0 Å². The van der Waals surface area contributed by atoms with Gasteiger partial charge in [-0.05, 0) is 25.5 Å². The molecular weight excluding hydrogens is 162 g/mol. The third-order valence-corrected chi connectivity index (χ3v) is 1.97. The van der Waals surface area contributed by atoms with Crippen LogP contribution in [0.3, 0.4) is 0 Å². The average Bonchev–Trinajstić information content (AvgIpc) is 2.53. The van der Waals surface area contributed by atoms with E-state index in [9.17, 15) is 0 Å². The van der Waals surface area contributed by atoms with Crippen molar-refractivity contribution in [1.82, 2.24) is 14.8 Å². The standard InChI is InChI=1S/C10H11N3/c1-8-5-3-4-6-10(8)13-7-11-9(2)12-13/h3-7H,1-2H3. The van der Waals surface area contributed by atoms with E-state index in [1.165, 1.54) is 5.56 Å². The predicted molar refractivity (Wildman–Crippen MR) is 50.8 cm³/mol. The number of aromatic nitrogens is 3. The van der Waals surface area contributed by atoms with Gasteiger partial charge in [-0.25, -0.2) is 9.67 Å². The molecule has 2 aromatic rings. The van der Waals surface area contributed by atoms with E-state index in [0.29, 0.717) is 0 Å². The number of rotatable bonds is 1. The highest BCUT2D eigenvalue weighted by Crippen LogP contribution is 2.10. The Balaban J connectivity index is 2.52. The molecule has 0 fully saturated rings. The molecular formula is C10H11N3. The summed E-state index contributed by atoms with van der Waals surface area (Å²) in [6.45, 7) is 3.95. The molecule has 0 aliphatic rings. The molecule has 0 saturated carbocycles. The molecule has 0 aliphatic carbocycles. The van der Waals surface area contributed by atoms with Gasteiger partial charge in [-0.2, -0.15) is 5.10 Å². The van der Waals surface area contributed by atoms with Crippen LogP contribution in [-0.4, -0.2) is 14.8 Å². The lowest BCUT2D eigenvalue weighted by Gasteiger charge is -2.02. The molecule has 3 heteroatoms. The first-order valence-electron chi connectivity index (χ1n) is 4.21. The van der Waals surface area contributed by atoms with Gasteiger partial charge in [0.15, 0.2) is 0 Å². The van der Waals surface area contributed by atoms with Gasteiger partial charge in [0.05, 0.1) is 5.69 Å². The fourth-order valence-corrected chi connectivity index (χ4v) is 1.28. The minimum Gasteiger partial charge on any atom is -0.221 e. The van der Waals surface area contributed by atoms with E-state index in [1.807, 2.05) is 25.1 Å². The van der Waals surface area contributed by atoms with Gasteiger partial charge in [0.25, 0.3) is 0 Å².